The number of likely N-dealkylation sites (tertiary alicyclic amines) is 1. The van der Waals surface area contributed by atoms with E-state index in [2.05, 4.69) is 31.9 Å². The lowest BCUT2D eigenvalue weighted by molar-refractivity contribution is -0.140. The van der Waals surface area contributed by atoms with E-state index in [1.807, 2.05) is 6.07 Å². The molecule has 0 saturated carbocycles. The third-order valence-electron chi connectivity index (χ3n) is 5.73. The molecule has 36 heavy (non-hydrogen) atoms. The van der Waals surface area contributed by atoms with Crippen molar-refractivity contribution in [1.29, 1.82) is 10.7 Å². The fourth-order valence-corrected chi connectivity index (χ4v) is 4.18. The molecule has 2 rings (SSSR count). The van der Waals surface area contributed by atoms with Crippen molar-refractivity contribution in [2.75, 3.05) is 19.8 Å². The van der Waals surface area contributed by atoms with Gasteiger partial charge < -0.3 is 26.6 Å². The number of nitrogens with one attached hydrogen (secondary N) is 4. The summed E-state index contributed by atoms with van der Waals surface area (Å²) < 4.78 is 13.6. The minimum atomic E-state index is -1.25. The van der Waals surface area contributed by atoms with Gasteiger partial charge in [-0.2, -0.15) is 5.26 Å². The summed E-state index contributed by atoms with van der Waals surface area (Å²) in [5, 5.41) is 24.0. The average Bonchev–Trinajstić information content (AvgIpc) is 3.34. The van der Waals surface area contributed by atoms with Crippen LogP contribution in [0.4, 0.5) is 4.39 Å². The maximum absolute atomic E-state index is 13.1. The van der Waals surface area contributed by atoms with Crippen LogP contribution in [0.25, 0.3) is 0 Å². The molecule has 0 aromatic heterocycles. The average molecular weight is 566 g/mol. The number of nitrogens with two attached hydrogens (primary N) is 1. The molecular weight excluding hydrogens is 537 g/mol. The van der Waals surface area contributed by atoms with Crippen LogP contribution in [0.5, 0.6) is 0 Å². The van der Waals surface area contributed by atoms with Gasteiger partial charge in [-0.1, -0.05) is 0 Å². The SMILES string of the molecule is C[C@H](NC(=O)c1ccc(Br)c(C#N)c1)C(=O)N1CCC[C@H]1C(=O)N[C@@H](CCCNC(=N)N)C(=O)CF. The molecule has 1 aliphatic rings. The number of nitriles is 1. The van der Waals surface area contributed by atoms with Crippen molar-refractivity contribution in [3.63, 3.8) is 0 Å². The largest absolute Gasteiger partial charge is 0.370 e. The molecule has 0 radical (unpaired) electrons. The number of carbonyl (C=O) groups is 4. The second-order valence-corrected chi connectivity index (χ2v) is 9.19. The van der Waals surface area contributed by atoms with Crippen molar-refractivity contribution in [3.8, 4) is 6.07 Å². The lowest BCUT2D eigenvalue weighted by Gasteiger charge is -2.28. The molecule has 1 aromatic rings. The maximum atomic E-state index is 13.1. The van der Waals surface area contributed by atoms with Crippen molar-refractivity contribution in [3.05, 3.63) is 33.8 Å². The summed E-state index contributed by atoms with van der Waals surface area (Å²) in [4.78, 5) is 51.9. The second kappa shape index (κ2) is 13.5. The Labute approximate surface area is 216 Å². The van der Waals surface area contributed by atoms with Crippen LogP contribution in [0.1, 0.15) is 48.5 Å². The van der Waals surface area contributed by atoms with E-state index >= 15 is 0 Å². The number of Topliss-reactive ketones (excluding diaryl/α,β-unsaturated/α-hetero) is 1. The molecule has 1 aromatic carbocycles. The number of guanidine groups is 1. The zero-order chi connectivity index (χ0) is 26.8. The second-order valence-electron chi connectivity index (χ2n) is 8.34. The van der Waals surface area contributed by atoms with Gasteiger partial charge in [0.1, 0.15) is 24.8 Å². The van der Waals surface area contributed by atoms with Gasteiger partial charge in [0.05, 0.1) is 11.6 Å². The van der Waals surface area contributed by atoms with Gasteiger partial charge in [-0.15, -0.1) is 0 Å². The smallest absolute Gasteiger partial charge is 0.251 e. The first-order chi connectivity index (χ1) is 17.1. The van der Waals surface area contributed by atoms with E-state index in [1.165, 1.54) is 24.0 Å². The third-order valence-corrected chi connectivity index (χ3v) is 6.42. The highest BCUT2D eigenvalue weighted by molar-refractivity contribution is 9.10. The lowest BCUT2D eigenvalue weighted by Crippen LogP contribution is -2.54. The zero-order valence-electron chi connectivity index (χ0n) is 19.8. The first kappa shape index (κ1) is 28.7. The summed E-state index contributed by atoms with van der Waals surface area (Å²) in [7, 11) is 0. The van der Waals surface area contributed by atoms with E-state index in [1.54, 1.807) is 6.07 Å². The number of rotatable bonds is 11. The number of ketones is 1. The number of nitrogens with zero attached hydrogens (tertiary/aromatic N) is 2. The summed E-state index contributed by atoms with van der Waals surface area (Å²) in [5.74, 6) is -2.61. The van der Waals surface area contributed by atoms with Crippen molar-refractivity contribution in [2.45, 2.75) is 50.7 Å². The van der Waals surface area contributed by atoms with Crippen LogP contribution in [0.15, 0.2) is 22.7 Å². The number of halogens is 2. The van der Waals surface area contributed by atoms with Crippen LogP contribution in [-0.2, 0) is 14.4 Å². The van der Waals surface area contributed by atoms with Gasteiger partial charge >= 0.3 is 0 Å². The minimum Gasteiger partial charge on any atom is -0.370 e. The number of hydrogen-bond acceptors (Lipinski definition) is 6. The van der Waals surface area contributed by atoms with Crippen LogP contribution in [-0.4, -0.2) is 72.3 Å². The van der Waals surface area contributed by atoms with E-state index in [-0.39, 0.29) is 36.6 Å². The van der Waals surface area contributed by atoms with Gasteiger partial charge in [0.15, 0.2) is 11.7 Å². The van der Waals surface area contributed by atoms with Gasteiger partial charge in [-0.25, -0.2) is 4.39 Å². The standard InChI is InChI=1S/C23H29BrFN7O4/c1-13(30-20(34)14-6-7-16(24)15(10-14)12-26)22(36)32-9-3-5-18(32)21(35)31-17(19(33)11-25)4-2-8-29-23(27)28/h6-7,10,13,17-18H,2-5,8-9,11H2,1H3,(H,30,34)(H,31,35)(H4,27,28,29)/t13-,17-,18-/m0/s1. The highest BCUT2D eigenvalue weighted by atomic mass is 79.9. The van der Waals surface area contributed by atoms with Crippen LogP contribution in [0, 0.1) is 16.7 Å². The van der Waals surface area contributed by atoms with Crippen LogP contribution >= 0.6 is 15.9 Å². The lowest BCUT2D eigenvalue weighted by atomic mass is 10.1. The van der Waals surface area contributed by atoms with Gasteiger partial charge in [0.2, 0.25) is 11.8 Å². The Morgan fingerprint density at radius 1 is 1.33 bits per heavy atom. The van der Waals surface area contributed by atoms with E-state index in [9.17, 15) is 23.6 Å². The van der Waals surface area contributed by atoms with Crippen molar-refractivity contribution >= 4 is 45.4 Å². The summed E-state index contributed by atoms with van der Waals surface area (Å²) >= 11 is 3.22. The predicted octanol–water partition coefficient (Wildman–Crippen LogP) is 0.717. The molecular formula is C23H29BrFN7O4. The molecule has 1 saturated heterocycles. The third kappa shape index (κ3) is 7.74. The monoisotopic (exact) mass is 565 g/mol. The molecule has 6 N–H and O–H groups in total. The van der Waals surface area contributed by atoms with Gasteiger partial charge in [-0.3, -0.25) is 24.6 Å². The Morgan fingerprint density at radius 3 is 2.69 bits per heavy atom. The minimum absolute atomic E-state index is 0.139. The van der Waals surface area contributed by atoms with Crippen LogP contribution < -0.4 is 21.7 Å². The van der Waals surface area contributed by atoms with Crippen molar-refractivity contribution in [1.82, 2.24) is 20.9 Å². The van der Waals surface area contributed by atoms with Crippen LogP contribution in [0.2, 0.25) is 0 Å². The van der Waals surface area contributed by atoms with Crippen LogP contribution in [0.3, 0.4) is 0 Å². The van der Waals surface area contributed by atoms with Gasteiger partial charge in [0, 0.05) is 23.1 Å². The first-order valence-corrected chi connectivity index (χ1v) is 12.2. The molecule has 0 unspecified atom stereocenters. The number of amides is 3. The van der Waals surface area contributed by atoms with Crippen molar-refractivity contribution in [2.24, 2.45) is 5.73 Å². The zero-order valence-corrected chi connectivity index (χ0v) is 21.4. The number of carbonyl (C=O) groups excluding carboxylic acids is 4. The molecule has 1 heterocycles. The molecule has 1 fully saturated rings. The topological polar surface area (TPSA) is 181 Å². The van der Waals surface area contributed by atoms with E-state index in [4.69, 9.17) is 16.4 Å². The Balaban J connectivity index is 2.02. The Hall–Kier alpha value is -3.53. The molecule has 194 valence electrons. The molecule has 3 amide bonds. The Bertz CT molecular complexity index is 1060. The number of alkyl halides is 1. The summed E-state index contributed by atoms with van der Waals surface area (Å²) in [6, 6.07) is 3.55. The van der Waals surface area contributed by atoms with Crippen molar-refractivity contribution < 1.29 is 23.6 Å². The molecule has 0 spiro atoms. The highest BCUT2D eigenvalue weighted by Crippen LogP contribution is 2.20. The maximum Gasteiger partial charge on any atom is 0.251 e. The van der Waals surface area contributed by atoms with Gasteiger partial charge in [0.25, 0.3) is 5.91 Å². The highest BCUT2D eigenvalue weighted by Gasteiger charge is 2.37. The fraction of sp³-hybridized carbons (Fsp3) is 0.478. The van der Waals surface area contributed by atoms with Gasteiger partial charge in [-0.05, 0) is 66.7 Å². The Morgan fingerprint density at radius 2 is 2.06 bits per heavy atom. The molecule has 11 nitrogen and oxygen atoms in total. The Kier molecular flexibility index (Phi) is 10.8. The molecule has 0 bridgehead atoms. The predicted molar refractivity (Wildman–Crippen MR) is 133 cm³/mol. The first-order valence-electron chi connectivity index (χ1n) is 11.4. The van der Waals surface area contributed by atoms with E-state index in [0.717, 1.165) is 0 Å². The molecule has 3 atom stereocenters. The molecule has 1 aliphatic heterocycles. The molecule has 13 heteroatoms. The quantitative estimate of drug-likeness (QED) is 0.149. The normalized spacial score (nSPS) is 16.4. The fourth-order valence-electron chi connectivity index (χ4n) is 3.85. The number of hydrogen-bond donors (Lipinski definition) is 5. The number of benzene rings is 1. The summed E-state index contributed by atoms with van der Waals surface area (Å²) in [6.07, 6.45) is 1.40. The summed E-state index contributed by atoms with van der Waals surface area (Å²) in [6.45, 7) is 0.819. The molecule has 0 aliphatic carbocycles. The summed E-state index contributed by atoms with van der Waals surface area (Å²) in [5.41, 5.74) is 5.68. The van der Waals surface area contributed by atoms with E-state index in [0.29, 0.717) is 23.7 Å². The van der Waals surface area contributed by atoms with E-state index < -0.39 is 48.3 Å².